The summed E-state index contributed by atoms with van der Waals surface area (Å²) in [5, 5.41) is 0. The number of aryl methyl sites for hydroxylation is 1. The predicted octanol–water partition coefficient (Wildman–Crippen LogP) is 0.916. The summed E-state index contributed by atoms with van der Waals surface area (Å²) in [5.74, 6) is 0.316. The largest absolute Gasteiger partial charge is 0.399 e. The fourth-order valence-electron chi connectivity index (χ4n) is 0.929. The number of rotatable bonds is 2. The van der Waals surface area contributed by atoms with Crippen molar-refractivity contribution in [3.8, 4) is 5.75 Å². The molecule has 0 amide bonds. The molecule has 0 saturated heterocycles. The third-order valence-electron chi connectivity index (χ3n) is 1.44. The number of hydrogen-bond acceptors (Lipinski definition) is 4. The molecule has 0 spiro atoms. The molecule has 0 unspecified atom stereocenters. The Kier molecular flexibility index (Phi) is 2.47. The van der Waals surface area contributed by atoms with Crippen LogP contribution < -0.4 is 9.92 Å². The summed E-state index contributed by atoms with van der Waals surface area (Å²) < 4.78 is 26.3. The zero-order valence-electron chi connectivity index (χ0n) is 7.44. The number of hydrogen-bond donors (Lipinski definition) is 1. The minimum atomic E-state index is -3.45. The van der Waals surface area contributed by atoms with E-state index in [4.69, 9.17) is 9.92 Å². The molecule has 0 heterocycles. The van der Waals surface area contributed by atoms with Gasteiger partial charge in [0.1, 0.15) is 5.75 Å². The van der Waals surface area contributed by atoms with Crippen molar-refractivity contribution < 1.29 is 12.6 Å². The van der Waals surface area contributed by atoms with Gasteiger partial charge in [-0.25, -0.2) is 0 Å². The summed E-state index contributed by atoms with van der Waals surface area (Å²) in [6.07, 6.45) is 1.00. The van der Waals surface area contributed by atoms with Gasteiger partial charge in [0, 0.05) is 5.69 Å². The van der Waals surface area contributed by atoms with Crippen LogP contribution in [0.25, 0.3) is 0 Å². The summed E-state index contributed by atoms with van der Waals surface area (Å²) in [4.78, 5) is 0. The highest BCUT2D eigenvalue weighted by molar-refractivity contribution is 7.86. The molecule has 0 aliphatic heterocycles. The maximum Gasteiger partial charge on any atom is 0.306 e. The van der Waals surface area contributed by atoms with Crippen LogP contribution in [-0.2, 0) is 10.1 Å². The Balaban J connectivity index is 3.04. The second-order valence-corrected chi connectivity index (χ2v) is 4.39. The van der Waals surface area contributed by atoms with Gasteiger partial charge >= 0.3 is 10.1 Å². The van der Waals surface area contributed by atoms with Gasteiger partial charge in [0.2, 0.25) is 0 Å². The molecule has 0 aliphatic rings. The molecular formula is C8H11NO3S. The molecular weight excluding hydrogens is 190 g/mol. The van der Waals surface area contributed by atoms with Gasteiger partial charge in [0.05, 0.1) is 6.26 Å². The van der Waals surface area contributed by atoms with Crippen molar-refractivity contribution >= 4 is 15.8 Å². The smallest absolute Gasteiger partial charge is 0.306 e. The normalized spacial score (nSPS) is 11.2. The van der Waals surface area contributed by atoms with Gasteiger partial charge in [-0.3, -0.25) is 0 Å². The zero-order valence-corrected chi connectivity index (χ0v) is 8.26. The molecule has 0 fully saturated rings. The molecule has 4 nitrogen and oxygen atoms in total. The van der Waals surface area contributed by atoms with E-state index in [1.807, 2.05) is 0 Å². The van der Waals surface area contributed by atoms with Gasteiger partial charge in [-0.1, -0.05) is 0 Å². The Bertz CT molecular complexity index is 411. The maximum absolute atomic E-state index is 10.8. The molecule has 1 aromatic rings. The monoisotopic (exact) mass is 201 g/mol. The minimum absolute atomic E-state index is 0.316. The number of anilines is 1. The van der Waals surface area contributed by atoms with E-state index < -0.39 is 10.1 Å². The van der Waals surface area contributed by atoms with E-state index in [2.05, 4.69) is 0 Å². The number of nitrogens with two attached hydrogens (primary N) is 1. The van der Waals surface area contributed by atoms with Gasteiger partial charge < -0.3 is 9.92 Å². The van der Waals surface area contributed by atoms with E-state index in [1.54, 1.807) is 19.1 Å². The summed E-state index contributed by atoms with van der Waals surface area (Å²) in [6.45, 7) is 1.73. The molecule has 0 saturated carbocycles. The molecule has 0 radical (unpaired) electrons. The van der Waals surface area contributed by atoms with Crippen molar-refractivity contribution in [2.24, 2.45) is 0 Å². The van der Waals surface area contributed by atoms with Crippen LogP contribution in [0.4, 0.5) is 5.69 Å². The minimum Gasteiger partial charge on any atom is -0.399 e. The van der Waals surface area contributed by atoms with Gasteiger partial charge in [0.15, 0.2) is 0 Å². The van der Waals surface area contributed by atoms with E-state index in [0.29, 0.717) is 17.0 Å². The van der Waals surface area contributed by atoms with Crippen molar-refractivity contribution in [1.82, 2.24) is 0 Å². The van der Waals surface area contributed by atoms with Crippen molar-refractivity contribution in [2.75, 3.05) is 12.0 Å². The van der Waals surface area contributed by atoms with Crippen molar-refractivity contribution in [2.45, 2.75) is 6.92 Å². The highest BCUT2D eigenvalue weighted by Gasteiger charge is 2.06. The Hall–Kier alpha value is -1.23. The second-order valence-electron chi connectivity index (χ2n) is 2.81. The second kappa shape index (κ2) is 3.26. The first-order valence-electron chi connectivity index (χ1n) is 3.64. The van der Waals surface area contributed by atoms with Crippen LogP contribution in [0.3, 0.4) is 0 Å². The van der Waals surface area contributed by atoms with Crippen LogP contribution in [0.1, 0.15) is 5.56 Å². The summed E-state index contributed by atoms with van der Waals surface area (Å²) >= 11 is 0. The molecule has 5 heteroatoms. The predicted molar refractivity (Wildman–Crippen MR) is 51.1 cm³/mol. The molecule has 0 aliphatic carbocycles. The average molecular weight is 201 g/mol. The third kappa shape index (κ3) is 2.95. The fraction of sp³-hybridized carbons (Fsp3) is 0.250. The molecule has 13 heavy (non-hydrogen) atoms. The third-order valence-corrected chi connectivity index (χ3v) is 1.92. The maximum atomic E-state index is 10.8. The topological polar surface area (TPSA) is 69.4 Å². The van der Waals surface area contributed by atoms with E-state index in [-0.39, 0.29) is 0 Å². The summed E-state index contributed by atoms with van der Waals surface area (Å²) in [7, 11) is -3.45. The molecule has 0 bridgehead atoms. The highest BCUT2D eigenvalue weighted by atomic mass is 32.2. The lowest BCUT2D eigenvalue weighted by Gasteiger charge is -2.06. The van der Waals surface area contributed by atoms with Crippen LogP contribution in [0, 0.1) is 6.92 Å². The summed E-state index contributed by atoms with van der Waals surface area (Å²) in [6, 6.07) is 4.78. The van der Waals surface area contributed by atoms with Crippen LogP contribution in [0.15, 0.2) is 18.2 Å². The molecule has 0 aromatic heterocycles. The molecule has 2 N–H and O–H groups in total. The standard InChI is InChI=1S/C8H11NO3S/c1-6-5-7(9)3-4-8(6)12-13(2,10)11/h3-5H,9H2,1-2H3. The first kappa shape index (κ1) is 9.85. The van der Waals surface area contributed by atoms with Gasteiger partial charge in [-0.2, -0.15) is 8.42 Å². The highest BCUT2D eigenvalue weighted by Crippen LogP contribution is 2.21. The van der Waals surface area contributed by atoms with Crippen molar-refractivity contribution in [1.29, 1.82) is 0 Å². The average Bonchev–Trinajstić information content (AvgIpc) is 1.93. The van der Waals surface area contributed by atoms with Crippen LogP contribution in [0.5, 0.6) is 5.75 Å². The van der Waals surface area contributed by atoms with E-state index in [0.717, 1.165) is 6.26 Å². The van der Waals surface area contributed by atoms with E-state index >= 15 is 0 Å². The van der Waals surface area contributed by atoms with Crippen LogP contribution >= 0.6 is 0 Å². The molecule has 72 valence electrons. The summed E-state index contributed by atoms with van der Waals surface area (Å²) in [5.41, 5.74) is 6.77. The Labute approximate surface area is 77.4 Å². The Morgan fingerprint density at radius 1 is 1.38 bits per heavy atom. The van der Waals surface area contributed by atoms with Crippen LogP contribution in [0.2, 0.25) is 0 Å². The van der Waals surface area contributed by atoms with E-state index in [1.165, 1.54) is 6.07 Å². The molecule has 0 atom stereocenters. The van der Waals surface area contributed by atoms with Gasteiger partial charge in [-0.05, 0) is 30.7 Å². The van der Waals surface area contributed by atoms with E-state index in [9.17, 15) is 8.42 Å². The van der Waals surface area contributed by atoms with Crippen molar-refractivity contribution in [3.63, 3.8) is 0 Å². The first-order chi connectivity index (χ1) is 5.88. The SMILES string of the molecule is Cc1cc(N)ccc1OS(C)(=O)=O. The fourth-order valence-corrected chi connectivity index (χ4v) is 1.44. The van der Waals surface area contributed by atoms with Gasteiger partial charge in [0.25, 0.3) is 0 Å². The quantitative estimate of drug-likeness (QED) is 0.570. The zero-order chi connectivity index (χ0) is 10.1. The van der Waals surface area contributed by atoms with Gasteiger partial charge in [-0.15, -0.1) is 0 Å². The molecule has 1 rings (SSSR count). The molecule has 1 aromatic carbocycles. The van der Waals surface area contributed by atoms with Crippen LogP contribution in [-0.4, -0.2) is 14.7 Å². The lowest BCUT2D eigenvalue weighted by Crippen LogP contribution is -2.06. The Morgan fingerprint density at radius 2 is 2.00 bits per heavy atom. The Morgan fingerprint density at radius 3 is 2.46 bits per heavy atom. The lowest BCUT2D eigenvalue weighted by molar-refractivity contribution is 0.491. The first-order valence-corrected chi connectivity index (χ1v) is 5.46. The van der Waals surface area contributed by atoms with Crippen molar-refractivity contribution in [3.05, 3.63) is 23.8 Å². The number of nitrogen functional groups attached to an aromatic ring is 1. The lowest BCUT2D eigenvalue weighted by atomic mass is 10.2. The number of benzene rings is 1.